The van der Waals surface area contributed by atoms with Gasteiger partial charge in [-0.2, -0.15) is 5.26 Å². The van der Waals surface area contributed by atoms with Crippen molar-refractivity contribution in [3.63, 3.8) is 0 Å². The van der Waals surface area contributed by atoms with Gasteiger partial charge in [0, 0.05) is 24.8 Å². The average molecular weight is 438 g/mol. The lowest BCUT2D eigenvalue weighted by Gasteiger charge is -2.19. The lowest BCUT2D eigenvalue weighted by atomic mass is 9.93. The van der Waals surface area contributed by atoms with Gasteiger partial charge in [0.15, 0.2) is 17.4 Å². The van der Waals surface area contributed by atoms with Gasteiger partial charge in [-0.1, -0.05) is 12.8 Å². The first-order valence-electron chi connectivity index (χ1n) is 10.9. The molecule has 2 aromatic rings. The highest BCUT2D eigenvalue weighted by atomic mass is 16.5. The molecule has 2 fully saturated rings. The van der Waals surface area contributed by atoms with Crippen LogP contribution in [0.3, 0.4) is 0 Å². The van der Waals surface area contributed by atoms with Crippen molar-refractivity contribution in [2.45, 2.75) is 44.6 Å². The van der Waals surface area contributed by atoms with E-state index in [1.165, 1.54) is 13.3 Å². The van der Waals surface area contributed by atoms with Crippen LogP contribution in [0, 0.1) is 29.1 Å². The van der Waals surface area contributed by atoms with E-state index in [2.05, 4.69) is 31.7 Å². The van der Waals surface area contributed by atoms with E-state index in [9.17, 15) is 19.6 Å². The van der Waals surface area contributed by atoms with Crippen molar-refractivity contribution in [1.29, 1.82) is 5.26 Å². The molecule has 1 aliphatic heterocycles. The minimum Gasteiger partial charge on any atom is -0.493 e. The highest BCUT2D eigenvalue weighted by molar-refractivity contribution is 5.98. The molecule has 0 radical (unpaired) electrons. The van der Waals surface area contributed by atoms with E-state index in [0.29, 0.717) is 42.1 Å². The van der Waals surface area contributed by atoms with Crippen LogP contribution in [-0.4, -0.2) is 52.2 Å². The maximum atomic E-state index is 13.0. The van der Waals surface area contributed by atoms with Crippen LogP contribution in [0.1, 0.15) is 49.1 Å². The van der Waals surface area contributed by atoms with Gasteiger partial charge in [-0.25, -0.2) is 4.98 Å². The number of hydrogen-bond acceptors (Lipinski definition) is 7. The number of nitrogens with one attached hydrogen (secondary N) is 3. The van der Waals surface area contributed by atoms with Crippen LogP contribution in [0.2, 0.25) is 0 Å². The fraction of sp³-hybridized carbons (Fsp3) is 0.545. The number of aromatic nitrogens is 3. The highest BCUT2D eigenvalue weighted by Gasteiger charge is 2.34. The summed E-state index contributed by atoms with van der Waals surface area (Å²) in [6.45, 7) is 0.589. The van der Waals surface area contributed by atoms with Gasteiger partial charge < -0.3 is 20.4 Å². The number of aromatic amines is 1. The first-order valence-corrected chi connectivity index (χ1v) is 10.9. The summed E-state index contributed by atoms with van der Waals surface area (Å²) in [7, 11) is 1.50. The number of amides is 2. The first-order chi connectivity index (χ1) is 15.5. The van der Waals surface area contributed by atoms with Crippen molar-refractivity contribution >= 4 is 28.6 Å². The molecule has 3 N–H and O–H groups in total. The van der Waals surface area contributed by atoms with E-state index in [0.717, 1.165) is 12.8 Å². The van der Waals surface area contributed by atoms with E-state index in [-0.39, 0.29) is 42.2 Å². The molecule has 10 heteroatoms. The zero-order chi connectivity index (χ0) is 22.7. The van der Waals surface area contributed by atoms with E-state index < -0.39 is 12.0 Å². The quantitative estimate of drug-likeness (QED) is 0.476. The Kier molecular flexibility index (Phi) is 6.35. The molecular formula is C22H26N6O4. The molecule has 0 unspecified atom stereocenters. The summed E-state index contributed by atoms with van der Waals surface area (Å²) < 4.78 is 5.24. The molecule has 0 bridgehead atoms. The van der Waals surface area contributed by atoms with Gasteiger partial charge in [0.1, 0.15) is 11.6 Å². The maximum absolute atomic E-state index is 13.0. The van der Waals surface area contributed by atoms with Gasteiger partial charge in [0.05, 0.1) is 31.1 Å². The summed E-state index contributed by atoms with van der Waals surface area (Å²) in [4.78, 5) is 49.1. The number of nitriles is 1. The molecule has 168 valence electrons. The third-order valence-corrected chi connectivity index (χ3v) is 6.12. The van der Waals surface area contributed by atoms with Crippen LogP contribution < -0.4 is 15.4 Å². The lowest BCUT2D eigenvalue weighted by molar-refractivity contribution is -0.127. The normalized spacial score (nSPS) is 19.8. The van der Waals surface area contributed by atoms with Gasteiger partial charge >= 0.3 is 0 Å². The SMILES string of the molecule is COc1cncc2[nH]c(C(=O)C[C@@H](CC3CC3)C(=O)N[C@H](C#N)C[C@@H]3CCNC3=O)nc12. The number of ether oxygens (including phenoxy) is 1. The molecule has 10 nitrogen and oxygen atoms in total. The molecule has 2 aromatic heterocycles. The summed E-state index contributed by atoms with van der Waals surface area (Å²) in [6, 6.07) is 1.31. The Bertz CT molecular complexity index is 1070. The van der Waals surface area contributed by atoms with Crippen molar-refractivity contribution < 1.29 is 19.1 Å². The number of ketones is 1. The summed E-state index contributed by atoms with van der Waals surface area (Å²) in [5, 5.41) is 15.0. The van der Waals surface area contributed by atoms with E-state index in [4.69, 9.17) is 4.74 Å². The molecular weight excluding hydrogens is 412 g/mol. The highest BCUT2D eigenvalue weighted by Crippen LogP contribution is 2.37. The Hall–Kier alpha value is -3.48. The molecule has 4 rings (SSSR count). The number of hydrogen-bond donors (Lipinski definition) is 3. The Morgan fingerprint density at radius 3 is 2.78 bits per heavy atom. The monoisotopic (exact) mass is 438 g/mol. The number of H-pyrrole nitrogens is 1. The summed E-state index contributed by atoms with van der Waals surface area (Å²) in [5.74, 6) is -0.506. The number of carbonyl (C=O) groups excluding carboxylic acids is 3. The topological polar surface area (TPSA) is 150 Å². The first kappa shape index (κ1) is 21.7. The molecule has 32 heavy (non-hydrogen) atoms. The maximum Gasteiger partial charge on any atom is 0.224 e. The smallest absolute Gasteiger partial charge is 0.224 e. The van der Waals surface area contributed by atoms with Crippen molar-refractivity contribution in [3.05, 3.63) is 18.2 Å². The molecule has 3 atom stereocenters. The number of methoxy groups -OCH3 is 1. The standard InChI is InChI=1S/C22H26N6O4/c1-32-18-11-24-10-16-19(18)28-20(27-16)17(29)8-14(6-12-2-3-12)22(31)26-15(9-23)7-13-4-5-25-21(13)30/h10-15H,2-8H2,1H3,(H,25,30)(H,26,31)(H,27,28)/t13-,14+,15-/m0/s1. The Morgan fingerprint density at radius 2 is 2.12 bits per heavy atom. The van der Waals surface area contributed by atoms with Gasteiger partial charge in [0.25, 0.3) is 0 Å². The van der Waals surface area contributed by atoms with Crippen molar-refractivity contribution in [1.82, 2.24) is 25.6 Å². The third-order valence-electron chi connectivity index (χ3n) is 6.12. The molecule has 1 aliphatic carbocycles. The number of fused-ring (bicyclic) bond motifs is 1. The van der Waals surface area contributed by atoms with E-state index in [1.54, 1.807) is 6.20 Å². The minimum atomic E-state index is -0.769. The third kappa shape index (κ3) is 4.88. The predicted octanol–water partition coefficient (Wildman–Crippen LogP) is 1.49. The van der Waals surface area contributed by atoms with E-state index >= 15 is 0 Å². The lowest BCUT2D eigenvalue weighted by Crippen LogP contribution is -2.40. The second-order valence-corrected chi connectivity index (χ2v) is 8.53. The van der Waals surface area contributed by atoms with Crippen molar-refractivity contribution in [2.24, 2.45) is 17.8 Å². The van der Waals surface area contributed by atoms with Crippen molar-refractivity contribution in [2.75, 3.05) is 13.7 Å². The van der Waals surface area contributed by atoms with Gasteiger partial charge in [0.2, 0.25) is 11.8 Å². The largest absolute Gasteiger partial charge is 0.493 e. The molecule has 0 spiro atoms. The number of imidazole rings is 1. The van der Waals surface area contributed by atoms with E-state index in [1.807, 2.05) is 0 Å². The van der Waals surface area contributed by atoms with Crippen molar-refractivity contribution in [3.8, 4) is 11.8 Å². The second kappa shape index (κ2) is 9.34. The van der Waals surface area contributed by atoms with Crippen LogP contribution in [0.5, 0.6) is 5.75 Å². The molecule has 0 aromatic carbocycles. The number of rotatable bonds is 10. The fourth-order valence-electron chi connectivity index (χ4n) is 4.14. The zero-order valence-electron chi connectivity index (χ0n) is 17.9. The summed E-state index contributed by atoms with van der Waals surface area (Å²) in [6.07, 6.45) is 6.66. The van der Waals surface area contributed by atoms with Crippen LogP contribution in [0.25, 0.3) is 11.0 Å². The molecule has 1 saturated carbocycles. The minimum absolute atomic E-state index is 0.0139. The number of Topliss-reactive ketones (excluding diaryl/α,β-unsaturated/α-hetero) is 1. The number of pyridine rings is 1. The number of carbonyl (C=O) groups is 3. The molecule has 3 heterocycles. The molecule has 2 amide bonds. The molecule has 1 saturated heterocycles. The number of nitrogens with zero attached hydrogens (tertiary/aromatic N) is 3. The van der Waals surface area contributed by atoms with Gasteiger partial charge in [-0.3, -0.25) is 19.4 Å². The fourth-order valence-corrected chi connectivity index (χ4v) is 4.14. The van der Waals surface area contributed by atoms with Crippen LogP contribution >= 0.6 is 0 Å². The van der Waals surface area contributed by atoms with Crippen LogP contribution in [0.4, 0.5) is 0 Å². The van der Waals surface area contributed by atoms with Gasteiger partial charge in [-0.05, 0) is 25.2 Å². The molecule has 2 aliphatic rings. The second-order valence-electron chi connectivity index (χ2n) is 8.53. The Balaban J connectivity index is 1.44. The zero-order valence-corrected chi connectivity index (χ0v) is 17.9. The Morgan fingerprint density at radius 1 is 1.31 bits per heavy atom. The summed E-state index contributed by atoms with van der Waals surface area (Å²) in [5.41, 5.74) is 1.09. The van der Waals surface area contributed by atoms with Crippen LogP contribution in [-0.2, 0) is 9.59 Å². The van der Waals surface area contributed by atoms with Crippen LogP contribution in [0.15, 0.2) is 12.4 Å². The Labute approximate surface area is 185 Å². The summed E-state index contributed by atoms with van der Waals surface area (Å²) >= 11 is 0. The predicted molar refractivity (Wildman–Crippen MR) is 113 cm³/mol. The van der Waals surface area contributed by atoms with Gasteiger partial charge in [-0.15, -0.1) is 0 Å². The average Bonchev–Trinajstić information content (AvgIpc) is 3.35.